The van der Waals surface area contributed by atoms with E-state index in [-0.39, 0.29) is 0 Å². The van der Waals surface area contributed by atoms with E-state index >= 15 is 0 Å². The summed E-state index contributed by atoms with van der Waals surface area (Å²) >= 11 is 0. The minimum atomic E-state index is 0.311. The third kappa shape index (κ3) is 4.03. The normalized spacial score (nSPS) is 11.0. The molecule has 0 atom stereocenters. The lowest BCUT2D eigenvalue weighted by atomic mass is 10.3. The SMILES string of the molecule is CCCNCc1ccc(Oc2cnn(C(C)C)c2)nn1. The highest BCUT2D eigenvalue weighted by Gasteiger charge is 2.05. The average Bonchev–Trinajstić information content (AvgIpc) is 2.90. The van der Waals surface area contributed by atoms with Gasteiger partial charge in [-0.1, -0.05) is 6.92 Å². The Kier molecular flexibility index (Phi) is 5.06. The fourth-order valence-electron chi connectivity index (χ4n) is 1.67. The van der Waals surface area contributed by atoms with Crippen molar-refractivity contribution < 1.29 is 4.74 Å². The Hall–Kier alpha value is -1.95. The van der Waals surface area contributed by atoms with Crippen LogP contribution in [-0.4, -0.2) is 26.5 Å². The van der Waals surface area contributed by atoms with E-state index in [1.54, 1.807) is 6.20 Å². The Bertz CT molecular complexity index is 521. The highest BCUT2D eigenvalue weighted by molar-refractivity contribution is 5.21. The lowest BCUT2D eigenvalue weighted by molar-refractivity contribution is 0.450. The van der Waals surface area contributed by atoms with Crippen LogP contribution in [0.25, 0.3) is 0 Å². The van der Waals surface area contributed by atoms with Gasteiger partial charge in [-0.3, -0.25) is 4.68 Å². The van der Waals surface area contributed by atoms with E-state index in [2.05, 4.69) is 41.4 Å². The van der Waals surface area contributed by atoms with Crippen LogP contribution in [0.5, 0.6) is 11.6 Å². The van der Waals surface area contributed by atoms with Gasteiger partial charge < -0.3 is 10.1 Å². The van der Waals surface area contributed by atoms with E-state index in [9.17, 15) is 0 Å². The summed E-state index contributed by atoms with van der Waals surface area (Å²) in [7, 11) is 0. The van der Waals surface area contributed by atoms with Crippen molar-refractivity contribution >= 4 is 0 Å². The van der Waals surface area contributed by atoms with Crippen LogP contribution in [0.2, 0.25) is 0 Å². The summed E-state index contributed by atoms with van der Waals surface area (Å²) in [6, 6.07) is 4.05. The zero-order chi connectivity index (χ0) is 14.4. The molecule has 108 valence electrons. The van der Waals surface area contributed by atoms with Gasteiger partial charge in [-0.15, -0.1) is 5.10 Å². The minimum Gasteiger partial charge on any atom is -0.434 e. The lowest BCUT2D eigenvalue weighted by Gasteiger charge is -2.04. The molecule has 6 nitrogen and oxygen atoms in total. The van der Waals surface area contributed by atoms with Crippen molar-refractivity contribution in [2.24, 2.45) is 0 Å². The molecule has 2 aromatic rings. The van der Waals surface area contributed by atoms with E-state index < -0.39 is 0 Å². The van der Waals surface area contributed by atoms with Gasteiger partial charge in [0.1, 0.15) is 0 Å². The second-order valence-corrected chi connectivity index (χ2v) is 4.89. The van der Waals surface area contributed by atoms with Crippen molar-refractivity contribution in [1.29, 1.82) is 0 Å². The predicted molar refractivity (Wildman–Crippen MR) is 76.7 cm³/mol. The third-order valence-electron chi connectivity index (χ3n) is 2.76. The second kappa shape index (κ2) is 7.00. The molecule has 0 aliphatic heterocycles. The number of aromatic nitrogens is 4. The summed E-state index contributed by atoms with van der Waals surface area (Å²) in [4.78, 5) is 0. The molecule has 6 heteroatoms. The topological polar surface area (TPSA) is 64.9 Å². The number of hydrogen-bond donors (Lipinski definition) is 1. The maximum atomic E-state index is 5.61. The fraction of sp³-hybridized carbons (Fsp3) is 0.500. The van der Waals surface area contributed by atoms with Gasteiger partial charge in [0.2, 0.25) is 5.88 Å². The van der Waals surface area contributed by atoms with Crippen LogP contribution in [0.15, 0.2) is 24.5 Å². The Morgan fingerprint density at radius 2 is 2.15 bits per heavy atom. The molecule has 2 aromatic heterocycles. The summed E-state index contributed by atoms with van der Waals surface area (Å²) in [5.74, 6) is 1.15. The van der Waals surface area contributed by atoms with Crippen LogP contribution < -0.4 is 10.1 Å². The number of nitrogens with zero attached hydrogens (tertiary/aromatic N) is 4. The Morgan fingerprint density at radius 1 is 1.30 bits per heavy atom. The summed E-state index contributed by atoms with van der Waals surface area (Å²) in [6.45, 7) is 7.97. The molecule has 0 radical (unpaired) electrons. The molecule has 0 spiro atoms. The number of ether oxygens (including phenoxy) is 1. The molecule has 0 aliphatic carbocycles. The van der Waals surface area contributed by atoms with Gasteiger partial charge in [-0.05, 0) is 32.9 Å². The van der Waals surface area contributed by atoms with E-state index in [1.807, 2.05) is 23.0 Å². The average molecular weight is 275 g/mol. The lowest BCUT2D eigenvalue weighted by Crippen LogP contribution is -2.15. The van der Waals surface area contributed by atoms with Crippen molar-refractivity contribution in [3.63, 3.8) is 0 Å². The maximum absolute atomic E-state index is 5.61. The number of hydrogen-bond acceptors (Lipinski definition) is 5. The zero-order valence-electron chi connectivity index (χ0n) is 12.2. The van der Waals surface area contributed by atoms with E-state index in [0.29, 0.717) is 17.7 Å². The first-order chi connectivity index (χ1) is 9.69. The zero-order valence-corrected chi connectivity index (χ0v) is 12.2. The second-order valence-electron chi connectivity index (χ2n) is 4.89. The van der Waals surface area contributed by atoms with Crippen molar-refractivity contribution in [2.75, 3.05) is 6.54 Å². The molecule has 0 bridgehead atoms. The molecule has 0 aromatic carbocycles. The largest absolute Gasteiger partial charge is 0.434 e. The molecule has 0 unspecified atom stereocenters. The summed E-state index contributed by atoms with van der Waals surface area (Å²) in [6.07, 6.45) is 4.63. The van der Waals surface area contributed by atoms with Gasteiger partial charge in [-0.25, -0.2) is 0 Å². The van der Waals surface area contributed by atoms with E-state index in [4.69, 9.17) is 4.74 Å². The molecule has 2 heterocycles. The molecule has 0 saturated heterocycles. The van der Waals surface area contributed by atoms with Crippen LogP contribution in [0, 0.1) is 0 Å². The van der Waals surface area contributed by atoms with Gasteiger partial charge >= 0.3 is 0 Å². The summed E-state index contributed by atoms with van der Waals surface area (Å²) in [5.41, 5.74) is 0.906. The number of nitrogens with one attached hydrogen (secondary N) is 1. The Labute approximate surface area is 119 Å². The Morgan fingerprint density at radius 3 is 2.75 bits per heavy atom. The maximum Gasteiger partial charge on any atom is 0.239 e. The van der Waals surface area contributed by atoms with Crippen LogP contribution in [0.1, 0.15) is 38.9 Å². The van der Waals surface area contributed by atoms with Crippen LogP contribution >= 0.6 is 0 Å². The molecule has 1 N–H and O–H groups in total. The van der Waals surface area contributed by atoms with Crippen LogP contribution in [0.4, 0.5) is 0 Å². The molecule has 0 amide bonds. The summed E-state index contributed by atoms with van der Waals surface area (Å²) < 4.78 is 7.45. The molecular formula is C14H21N5O. The first-order valence-electron chi connectivity index (χ1n) is 6.94. The molecular weight excluding hydrogens is 254 g/mol. The number of rotatable bonds is 7. The van der Waals surface area contributed by atoms with Crippen molar-refractivity contribution in [3.05, 3.63) is 30.2 Å². The fourth-order valence-corrected chi connectivity index (χ4v) is 1.67. The smallest absolute Gasteiger partial charge is 0.239 e. The van der Waals surface area contributed by atoms with Crippen LogP contribution in [-0.2, 0) is 6.54 Å². The quantitative estimate of drug-likeness (QED) is 0.787. The first kappa shape index (κ1) is 14.5. The van der Waals surface area contributed by atoms with Gasteiger partial charge in [-0.2, -0.15) is 10.2 Å². The van der Waals surface area contributed by atoms with Gasteiger partial charge in [0.05, 0.1) is 18.1 Å². The van der Waals surface area contributed by atoms with Crippen molar-refractivity contribution in [2.45, 2.75) is 39.8 Å². The van der Waals surface area contributed by atoms with E-state index in [0.717, 1.165) is 25.2 Å². The summed E-state index contributed by atoms with van der Waals surface area (Å²) in [5, 5.41) is 15.7. The van der Waals surface area contributed by atoms with Crippen LogP contribution in [0.3, 0.4) is 0 Å². The molecule has 0 saturated carbocycles. The highest BCUT2D eigenvalue weighted by Crippen LogP contribution is 2.19. The monoisotopic (exact) mass is 275 g/mol. The highest BCUT2D eigenvalue weighted by atomic mass is 16.5. The Balaban J connectivity index is 1.92. The van der Waals surface area contributed by atoms with E-state index in [1.165, 1.54) is 0 Å². The van der Waals surface area contributed by atoms with Gasteiger partial charge in [0.15, 0.2) is 5.75 Å². The minimum absolute atomic E-state index is 0.311. The van der Waals surface area contributed by atoms with Gasteiger partial charge in [0.25, 0.3) is 0 Å². The van der Waals surface area contributed by atoms with Crippen molar-refractivity contribution in [3.8, 4) is 11.6 Å². The predicted octanol–water partition coefficient (Wildman–Crippen LogP) is 2.55. The molecule has 0 aliphatic rings. The van der Waals surface area contributed by atoms with Gasteiger partial charge in [0, 0.05) is 18.7 Å². The molecule has 0 fully saturated rings. The molecule has 20 heavy (non-hydrogen) atoms. The van der Waals surface area contributed by atoms with Crippen molar-refractivity contribution in [1.82, 2.24) is 25.3 Å². The standard InChI is InChI=1S/C14H21N5O/c1-4-7-15-8-12-5-6-14(18-17-12)20-13-9-16-19(10-13)11(2)3/h5-6,9-11,15H,4,7-8H2,1-3H3. The third-order valence-corrected chi connectivity index (χ3v) is 2.76. The first-order valence-corrected chi connectivity index (χ1v) is 6.94. The molecule has 2 rings (SSSR count).